The number of nitrogens with zero attached hydrogens (tertiary/aromatic N) is 2. The van der Waals surface area contributed by atoms with Gasteiger partial charge in [-0.1, -0.05) is 12.1 Å². The Balaban J connectivity index is 1.18. The number of amides is 3. The number of halogens is 2. The lowest BCUT2D eigenvalue weighted by Crippen LogP contribution is -2.56. The van der Waals surface area contributed by atoms with Crippen LogP contribution in [-0.4, -0.2) is 73.8 Å². The van der Waals surface area contributed by atoms with Crippen LogP contribution in [0.15, 0.2) is 48.8 Å². The van der Waals surface area contributed by atoms with Crippen LogP contribution in [0.4, 0.5) is 8.78 Å². The summed E-state index contributed by atoms with van der Waals surface area (Å²) in [7, 11) is -5.76. The molecule has 1 aromatic carbocycles. The maximum Gasteiger partial charge on any atom is 0.399 e. The second-order valence-electron chi connectivity index (χ2n) is 12.1. The Hall–Kier alpha value is -3.29. The Morgan fingerprint density at radius 1 is 1.13 bits per heavy atom. The van der Waals surface area contributed by atoms with Crippen LogP contribution in [0.5, 0.6) is 0 Å². The Kier molecular flexibility index (Phi) is 8.55. The number of carbonyl (C=O) groups excluding carboxylic acids is 3. The van der Waals surface area contributed by atoms with Crippen molar-refractivity contribution >= 4 is 46.7 Å². The van der Waals surface area contributed by atoms with E-state index in [0.29, 0.717) is 29.9 Å². The highest BCUT2D eigenvalue weighted by Crippen LogP contribution is 2.59. The van der Waals surface area contributed by atoms with Gasteiger partial charge in [0.1, 0.15) is 12.1 Å². The third kappa shape index (κ3) is 6.26. The second-order valence-corrected chi connectivity index (χ2v) is 14.8. The minimum Gasteiger partial charge on any atom is -0.396 e. The number of carbonyl (C=O) groups is 3. The molecule has 240 valence electrons. The molecule has 11 nitrogen and oxygen atoms in total. The third-order valence-electron chi connectivity index (χ3n) is 9.20. The highest BCUT2D eigenvalue weighted by atomic mass is 32.1. The molecular formula is C30H33F2N4O7PS. The molecule has 0 spiro atoms. The maximum atomic E-state index is 14.3. The van der Waals surface area contributed by atoms with Gasteiger partial charge in [0.15, 0.2) is 0 Å². The van der Waals surface area contributed by atoms with Gasteiger partial charge in [-0.25, -0.2) is 0 Å². The Morgan fingerprint density at radius 3 is 2.62 bits per heavy atom. The van der Waals surface area contributed by atoms with Crippen LogP contribution in [-0.2, 0) is 19.8 Å². The van der Waals surface area contributed by atoms with Crippen molar-refractivity contribution < 1.29 is 42.6 Å². The van der Waals surface area contributed by atoms with E-state index < -0.39 is 36.8 Å². The molecule has 4 heterocycles. The van der Waals surface area contributed by atoms with Crippen molar-refractivity contribution in [2.24, 2.45) is 11.8 Å². The van der Waals surface area contributed by atoms with E-state index in [1.807, 2.05) is 6.07 Å². The van der Waals surface area contributed by atoms with Gasteiger partial charge in [-0.05, 0) is 79.2 Å². The number of rotatable bonds is 9. The fraction of sp³-hybridized carbons (Fsp3) is 0.467. The van der Waals surface area contributed by atoms with Crippen molar-refractivity contribution in [3.8, 4) is 0 Å². The zero-order valence-corrected chi connectivity index (χ0v) is 25.7. The van der Waals surface area contributed by atoms with Gasteiger partial charge in [0.2, 0.25) is 11.8 Å². The predicted molar refractivity (Wildman–Crippen MR) is 161 cm³/mol. The van der Waals surface area contributed by atoms with Gasteiger partial charge in [0, 0.05) is 41.2 Å². The van der Waals surface area contributed by atoms with Crippen molar-refractivity contribution in [3.63, 3.8) is 0 Å². The number of benzene rings is 1. The normalized spacial score (nSPS) is 25.6. The quantitative estimate of drug-likeness (QED) is 0.218. The van der Waals surface area contributed by atoms with Crippen LogP contribution in [0.2, 0.25) is 0 Å². The summed E-state index contributed by atoms with van der Waals surface area (Å²) in [5, 5.41) is 15.8. The minimum absolute atomic E-state index is 0.131. The lowest BCUT2D eigenvalue weighted by atomic mass is 9.98. The average molecular weight is 663 g/mol. The summed E-state index contributed by atoms with van der Waals surface area (Å²) < 4.78 is 40.3. The van der Waals surface area contributed by atoms with Crippen LogP contribution in [0.3, 0.4) is 0 Å². The van der Waals surface area contributed by atoms with Crippen molar-refractivity contribution in [1.29, 1.82) is 0 Å². The summed E-state index contributed by atoms with van der Waals surface area (Å²) in [6.45, 7) is -0.0208. The van der Waals surface area contributed by atoms with Gasteiger partial charge in [0.05, 0.1) is 11.5 Å². The van der Waals surface area contributed by atoms with E-state index in [1.54, 1.807) is 23.4 Å². The molecule has 6 rings (SSSR count). The van der Waals surface area contributed by atoms with Gasteiger partial charge in [0.25, 0.3) is 5.91 Å². The van der Waals surface area contributed by atoms with E-state index in [1.165, 1.54) is 12.1 Å². The van der Waals surface area contributed by atoms with Crippen LogP contribution < -0.4 is 10.6 Å². The molecule has 45 heavy (non-hydrogen) atoms. The first kappa shape index (κ1) is 31.7. The molecule has 3 aromatic rings. The van der Waals surface area contributed by atoms with Crippen LogP contribution in [0.25, 0.3) is 10.1 Å². The summed E-state index contributed by atoms with van der Waals surface area (Å²) >= 11 is 1.01. The van der Waals surface area contributed by atoms with Crippen molar-refractivity contribution in [2.45, 2.75) is 61.8 Å². The number of aliphatic hydroxyl groups is 1. The predicted octanol–water partition coefficient (Wildman–Crippen LogP) is 3.30. The van der Waals surface area contributed by atoms with Crippen molar-refractivity contribution in [1.82, 2.24) is 20.5 Å². The SMILES string of the molecule is O=C(N[C@H]1C[C@H]2C[C@H]2C[C@H]2CC[C@@H](C(=O)NCC(CO)c3cccnc3)N2C1=O)c1cc2cc(C(F)(F)P(=O)(O)O)ccc2s1. The Labute approximate surface area is 261 Å². The summed E-state index contributed by atoms with van der Waals surface area (Å²) in [6, 6.07) is 6.34. The number of hydrogen-bond acceptors (Lipinski definition) is 7. The summed E-state index contributed by atoms with van der Waals surface area (Å²) in [5.41, 5.74) is -4.47. The van der Waals surface area contributed by atoms with Gasteiger partial charge >= 0.3 is 13.3 Å². The Bertz CT molecular complexity index is 1670. The molecule has 2 saturated heterocycles. The average Bonchev–Trinajstić information content (AvgIpc) is 3.37. The number of aliphatic hydroxyl groups excluding tert-OH is 1. The smallest absolute Gasteiger partial charge is 0.396 e. The number of thiophene rings is 1. The van der Waals surface area contributed by atoms with Gasteiger partial charge in [-0.2, -0.15) is 8.78 Å². The first-order valence-corrected chi connectivity index (χ1v) is 17.2. The minimum atomic E-state index is -5.76. The van der Waals surface area contributed by atoms with E-state index in [-0.39, 0.29) is 53.1 Å². The van der Waals surface area contributed by atoms with Crippen molar-refractivity contribution in [2.75, 3.05) is 13.2 Å². The standard InChI is InChI=1S/C30H33F2N4O7PS/c31-30(32,44(41,42)43)21-3-6-25-19(9-21)12-26(45-25)28(39)35-23-11-18-8-17(18)10-22-4-5-24(36(22)29(23)40)27(38)34-14-20(15-37)16-2-1-7-33-13-16/h1-3,6-7,9,12-13,17-18,20,22-24,37H,4-5,8,10-11,14-15H2,(H,34,38)(H,35,39)(H2,41,42,43)/t17-,18+,20?,22+,23-,24-/m0/s1. The molecule has 2 aliphatic heterocycles. The number of pyridine rings is 1. The molecule has 3 fully saturated rings. The number of fused-ring (bicyclic) bond motifs is 3. The second kappa shape index (κ2) is 12.1. The molecule has 1 aliphatic carbocycles. The molecule has 3 amide bonds. The topological polar surface area (TPSA) is 169 Å². The van der Waals surface area contributed by atoms with Crippen LogP contribution in [0.1, 0.15) is 58.8 Å². The van der Waals surface area contributed by atoms with Gasteiger partial charge < -0.3 is 30.4 Å². The molecule has 1 saturated carbocycles. The monoisotopic (exact) mass is 662 g/mol. The van der Waals surface area contributed by atoms with Crippen LogP contribution >= 0.6 is 18.9 Å². The van der Waals surface area contributed by atoms with E-state index in [0.717, 1.165) is 41.9 Å². The molecule has 0 bridgehead atoms. The molecule has 3 aliphatic rings. The molecule has 6 atom stereocenters. The molecule has 2 aromatic heterocycles. The zero-order chi connectivity index (χ0) is 32.1. The summed E-state index contributed by atoms with van der Waals surface area (Å²) in [4.78, 5) is 64.8. The highest BCUT2D eigenvalue weighted by molar-refractivity contribution is 7.52. The number of alkyl halides is 2. The van der Waals surface area contributed by atoms with E-state index in [2.05, 4.69) is 15.6 Å². The fourth-order valence-corrected chi connectivity index (χ4v) is 8.06. The lowest BCUT2D eigenvalue weighted by molar-refractivity contribution is -0.142. The van der Waals surface area contributed by atoms with E-state index in [9.17, 15) is 32.8 Å². The Morgan fingerprint density at radius 2 is 1.91 bits per heavy atom. The molecule has 0 radical (unpaired) electrons. The lowest BCUT2D eigenvalue weighted by Gasteiger charge is -2.35. The largest absolute Gasteiger partial charge is 0.399 e. The molecule has 15 heteroatoms. The van der Waals surface area contributed by atoms with Crippen molar-refractivity contribution in [3.05, 3.63) is 64.8 Å². The number of hydrogen-bond donors (Lipinski definition) is 5. The first-order valence-electron chi connectivity index (χ1n) is 14.8. The van der Waals surface area contributed by atoms with E-state index >= 15 is 0 Å². The number of aromatic nitrogens is 1. The van der Waals surface area contributed by atoms with Gasteiger partial charge in [-0.3, -0.25) is 23.9 Å². The molecule has 1 unspecified atom stereocenters. The zero-order valence-electron chi connectivity index (χ0n) is 24.0. The highest BCUT2D eigenvalue weighted by Gasteiger charge is 2.52. The molecular weight excluding hydrogens is 629 g/mol. The van der Waals surface area contributed by atoms with E-state index in [4.69, 9.17) is 9.79 Å². The fourth-order valence-electron chi connectivity index (χ4n) is 6.63. The first-order chi connectivity index (χ1) is 21.4. The summed E-state index contributed by atoms with van der Waals surface area (Å²) in [6.07, 6.45) is 6.55. The number of nitrogens with one attached hydrogen (secondary N) is 2. The third-order valence-corrected chi connectivity index (χ3v) is 11.3. The van der Waals surface area contributed by atoms with Gasteiger partial charge in [-0.15, -0.1) is 11.3 Å². The maximum absolute atomic E-state index is 14.3. The molecule has 5 N–H and O–H groups in total. The van der Waals surface area contributed by atoms with Crippen LogP contribution in [0, 0.1) is 11.8 Å². The summed E-state index contributed by atoms with van der Waals surface area (Å²) in [5.74, 6) is -0.920.